The van der Waals surface area contributed by atoms with Gasteiger partial charge in [0.2, 0.25) is 21.7 Å². The number of hydrogen-bond donors (Lipinski definition) is 8. The fourth-order valence-corrected chi connectivity index (χ4v) is 8.11. The topological polar surface area (TPSA) is 248 Å². The number of fused-ring (bicyclic) bond motifs is 4. The Kier molecular flexibility index (Phi) is 73.9. The second-order valence-corrected chi connectivity index (χ2v) is 14.8. The lowest BCUT2D eigenvalue weighted by Gasteiger charge is -1.98. The summed E-state index contributed by atoms with van der Waals surface area (Å²) in [5, 5.41) is 18.1. The van der Waals surface area contributed by atoms with Crippen molar-refractivity contribution >= 4 is 110 Å². The Morgan fingerprint density at radius 2 is 0.537 bits per heavy atom. The van der Waals surface area contributed by atoms with E-state index in [0.29, 0.717) is 20.2 Å². The van der Waals surface area contributed by atoms with E-state index in [0.717, 1.165) is 20.7 Å². The Hall–Kier alpha value is -6.48. The number of pyridine rings is 4. The van der Waals surface area contributed by atoms with Crippen molar-refractivity contribution in [3.8, 4) is 0 Å². The Bertz CT molecular complexity index is 2580. The lowest BCUT2D eigenvalue weighted by Crippen LogP contribution is -2.25. The predicted molar refractivity (Wildman–Crippen MR) is 364 cm³/mol. The largest absolute Gasteiger partial charge is 0.359 e. The third-order valence-corrected chi connectivity index (χ3v) is 11.4. The summed E-state index contributed by atoms with van der Waals surface area (Å²) in [6.07, 6.45) is 5.77. The van der Waals surface area contributed by atoms with Gasteiger partial charge in [0.1, 0.15) is 31.9 Å². The SMILES string of the molecule is C.C.C.C.CC.CC.CC.CC.CC.CC.CC.CC.CC.CC.CNC(=O)c1c[nH]c2ccsc2c1=O.CNC(=O)c1c[nH]c2ccsc2c1=O.CNC(=O)c1c[nH]c2sccc2c1=O.CNC(=O)c1c[nH]c2sccc2c1=O. The number of carbonyl (C=O) groups is 4. The van der Waals surface area contributed by atoms with Crippen molar-refractivity contribution in [2.45, 2.75) is 168 Å². The molecule has 0 unspecified atom stereocenters. The average Bonchev–Trinajstić information content (AvgIpc) is 4.38. The van der Waals surface area contributed by atoms with E-state index in [4.69, 9.17) is 0 Å². The molecule has 0 aliphatic carbocycles. The lowest BCUT2D eigenvalue weighted by atomic mass is 10.2. The van der Waals surface area contributed by atoms with Gasteiger partial charge in [-0.05, 0) is 45.8 Å². The molecule has 80 heavy (non-hydrogen) atoms. The molecule has 20 heteroatoms. The summed E-state index contributed by atoms with van der Waals surface area (Å²) in [5.41, 5.74) is 1.28. The maximum absolute atomic E-state index is 11.7. The minimum absolute atomic E-state index is 0. The van der Waals surface area contributed by atoms with Gasteiger partial charge in [0.15, 0.2) is 0 Å². The third-order valence-electron chi connectivity index (χ3n) is 7.87. The molecule has 0 spiro atoms. The second-order valence-electron chi connectivity index (χ2n) is 11.1. The average molecular weight is 1200 g/mol. The predicted octanol–water partition coefficient (Wildman–Crippen LogP) is 16.6. The fourth-order valence-electron chi connectivity index (χ4n) is 4.98. The highest BCUT2D eigenvalue weighted by Crippen LogP contribution is 2.17. The van der Waals surface area contributed by atoms with E-state index in [9.17, 15) is 38.4 Å². The van der Waals surface area contributed by atoms with Crippen molar-refractivity contribution in [2.24, 2.45) is 0 Å². The minimum atomic E-state index is -0.362. The summed E-state index contributed by atoms with van der Waals surface area (Å²) in [7, 11) is 6.00. The van der Waals surface area contributed by atoms with E-state index < -0.39 is 0 Å². The molecule has 8 heterocycles. The molecule has 0 saturated heterocycles. The van der Waals surface area contributed by atoms with Crippen LogP contribution in [0, 0.1) is 0 Å². The van der Waals surface area contributed by atoms with Crippen LogP contribution < -0.4 is 43.0 Å². The first-order valence-corrected chi connectivity index (χ1v) is 29.7. The molecule has 0 radical (unpaired) electrons. The first-order chi connectivity index (χ1) is 36.9. The van der Waals surface area contributed by atoms with Gasteiger partial charge in [-0.3, -0.25) is 38.4 Å². The standard InChI is InChI=1S/4C9H8N2O2S.10C2H6.4CH4/c2*1-10-9(13)5-4-11-6-2-3-14-8(6)7(5)12;2*1-10-8(13)6-4-11-9-5(7(6)12)2-3-14-9;10*1-2;;;;/h4*2-4H,1H3,(H,10,13)(H,11,12);10*1-2H3;4*1H4. The number of H-pyrrole nitrogens is 4. The first-order valence-electron chi connectivity index (χ1n) is 26.2. The van der Waals surface area contributed by atoms with Crippen molar-refractivity contribution < 1.29 is 19.2 Å². The smallest absolute Gasteiger partial charge is 0.256 e. The number of amides is 4. The van der Waals surface area contributed by atoms with Crippen LogP contribution in [0.5, 0.6) is 0 Å². The van der Waals surface area contributed by atoms with Gasteiger partial charge in [-0.2, -0.15) is 0 Å². The van der Waals surface area contributed by atoms with Crippen LogP contribution in [-0.4, -0.2) is 71.8 Å². The number of aromatic nitrogens is 4. The molecule has 4 amide bonds. The van der Waals surface area contributed by atoms with Gasteiger partial charge < -0.3 is 41.2 Å². The number of nitrogens with one attached hydrogen (secondary N) is 8. The summed E-state index contributed by atoms with van der Waals surface area (Å²) >= 11 is 5.55. The Morgan fingerprint density at radius 3 is 0.775 bits per heavy atom. The van der Waals surface area contributed by atoms with Crippen molar-refractivity contribution in [3.63, 3.8) is 0 Å². The van der Waals surface area contributed by atoms with Crippen LogP contribution in [0.4, 0.5) is 0 Å². The van der Waals surface area contributed by atoms with Crippen LogP contribution in [0.2, 0.25) is 0 Å². The van der Waals surface area contributed by atoms with Crippen molar-refractivity contribution in [2.75, 3.05) is 28.2 Å². The van der Waals surface area contributed by atoms with Crippen molar-refractivity contribution in [1.82, 2.24) is 41.2 Å². The van der Waals surface area contributed by atoms with Gasteiger partial charge in [0.25, 0.3) is 23.6 Å². The quantitative estimate of drug-likeness (QED) is 0.0840. The number of aromatic amines is 4. The van der Waals surface area contributed by atoms with Gasteiger partial charge in [-0.1, -0.05) is 168 Å². The van der Waals surface area contributed by atoms with E-state index >= 15 is 0 Å². The zero-order valence-electron chi connectivity index (χ0n) is 49.8. The van der Waals surface area contributed by atoms with Crippen molar-refractivity contribution in [3.05, 3.63) is 134 Å². The summed E-state index contributed by atoms with van der Waals surface area (Å²) in [6, 6.07) is 7.06. The maximum atomic E-state index is 11.7. The van der Waals surface area contributed by atoms with Gasteiger partial charge in [-0.25, -0.2) is 0 Å². The van der Waals surface area contributed by atoms with Crippen LogP contribution in [0.25, 0.3) is 40.9 Å². The Labute approximate surface area is 497 Å². The number of hydrogen-bond acceptors (Lipinski definition) is 12. The molecule has 460 valence electrons. The zero-order chi connectivity index (χ0) is 60.5. The molecule has 0 bridgehead atoms. The molecular weight excluding hydrogens is 1090 g/mol. The molecule has 0 fully saturated rings. The van der Waals surface area contributed by atoms with E-state index in [1.165, 1.54) is 98.3 Å². The molecule has 0 aliphatic heterocycles. The molecular formula is C60H108N8O8S4. The van der Waals surface area contributed by atoms with E-state index in [1.807, 2.05) is 172 Å². The molecule has 16 nitrogen and oxygen atoms in total. The van der Waals surface area contributed by atoms with Gasteiger partial charge in [0, 0.05) is 53.0 Å². The van der Waals surface area contributed by atoms with Gasteiger partial charge in [-0.15, -0.1) is 45.3 Å². The molecule has 0 saturated carbocycles. The maximum Gasteiger partial charge on any atom is 0.256 e. The van der Waals surface area contributed by atoms with Crippen molar-refractivity contribution in [1.29, 1.82) is 0 Å². The van der Waals surface area contributed by atoms with Crippen LogP contribution in [0.1, 0.15) is 210 Å². The summed E-state index contributed by atoms with van der Waals surface area (Å²) in [4.78, 5) is 105. The molecule has 0 aliphatic rings. The zero-order valence-corrected chi connectivity index (χ0v) is 53.1. The highest BCUT2D eigenvalue weighted by Gasteiger charge is 2.14. The Morgan fingerprint density at radius 1 is 0.325 bits per heavy atom. The lowest BCUT2D eigenvalue weighted by molar-refractivity contribution is 0.0954. The summed E-state index contributed by atoms with van der Waals surface area (Å²) < 4.78 is 1.18. The second kappa shape index (κ2) is 61.7. The van der Waals surface area contributed by atoms with E-state index in [-0.39, 0.29) is 97.3 Å². The first kappa shape index (κ1) is 95.8. The molecule has 0 atom stereocenters. The highest BCUT2D eigenvalue weighted by atomic mass is 32.1. The molecule has 8 rings (SSSR count). The summed E-state index contributed by atoms with van der Waals surface area (Å²) in [5.74, 6) is -1.44. The van der Waals surface area contributed by atoms with Crippen LogP contribution in [-0.2, 0) is 0 Å². The summed E-state index contributed by atoms with van der Waals surface area (Å²) in [6.45, 7) is 40.0. The number of rotatable bonds is 4. The minimum Gasteiger partial charge on any atom is -0.359 e. The van der Waals surface area contributed by atoms with Crippen LogP contribution in [0.3, 0.4) is 0 Å². The number of carbonyl (C=O) groups excluding carboxylic acids is 4. The van der Waals surface area contributed by atoms with E-state index in [1.54, 1.807) is 12.1 Å². The highest BCUT2D eigenvalue weighted by molar-refractivity contribution is 7.17. The third kappa shape index (κ3) is 29.7. The van der Waals surface area contributed by atoms with E-state index in [2.05, 4.69) is 41.2 Å². The van der Waals surface area contributed by atoms with Crippen LogP contribution >= 0.6 is 45.3 Å². The molecule has 8 aromatic heterocycles. The Balaban J connectivity index is -0.0000000908. The van der Waals surface area contributed by atoms with Crippen LogP contribution in [0.15, 0.2) is 89.8 Å². The van der Waals surface area contributed by atoms with Gasteiger partial charge >= 0.3 is 0 Å². The fraction of sp³-hybridized carbons (Fsp3) is 0.467. The molecule has 8 aromatic rings. The monoisotopic (exact) mass is 1200 g/mol. The number of thiophene rings is 4. The van der Waals surface area contributed by atoms with Gasteiger partial charge in [0.05, 0.1) is 31.2 Å². The molecule has 8 N–H and O–H groups in total. The molecule has 0 aromatic carbocycles. The normalized spacial score (nSPS) is 8.00.